The van der Waals surface area contributed by atoms with E-state index in [1.54, 1.807) is 19.2 Å². The van der Waals surface area contributed by atoms with Gasteiger partial charge in [0.05, 0.1) is 18.0 Å². The van der Waals surface area contributed by atoms with Gasteiger partial charge in [0.15, 0.2) is 0 Å². The Hall–Kier alpha value is -2.38. The maximum atomic E-state index is 12.6. The number of amides is 1. The van der Waals surface area contributed by atoms with Crippen LogP contribution in [0.2, 0.25) is 0 Å². The first-order valence-corrected chi connectivity index (χ1v) is 9.71. The molecule has 140 valence electrons. The predicted molar refractivity (Wildman–Crippen MR) is 101 cm³/mol. The molecule has 7 heteroatoms. The third-order valence-electron chi connectivity index (χ3n) is 4.11. The van der Waals surface area contributed by atoms with Crippen molar-refractivity contribution in [2.75, 3.05) is 21.2 Å². The molecule has 0 spiro atoms. The quantitative estimate of drug-likeness (QED) is 0.806. The number of hydrogen-bond donors (Lipinski definition) is 1. The number of benzene rings is 2. The van der Waals surface area contributed by atoms with E-state index in [9.17, 15) is 13.2 Å². The third-order valence-corrected chi connectivity index (χ3v) is 5.92. The average Bonchev–Trinajstić information content (AvgIpc) is 2.66. The number of rotatable bonds is 7. The zero-order valence-electron chi connectivity index (χ0n) is 15.4. The van der Waals surface area contributed by atoms with Crippen molar-refractivity contribution in [3.8, 4) is 5.75 Å². The fourth-order valence-corrected chi connectivity index (χ4v) is 3.46. The minimum absolute atomic E-state index is 0.0904. The Labute approximate surface area is 154 Å². The van der Waals surface area contributed by atoms with Gasteiger partial charge in [0.2, 0.25) is 10.0 Å². The Kier molecular flexibility index (Phi) is 6.39. The second-order valence-corrected chi connectivity index (χ2v) is 8.17. The fourth-order valence-electron chi connectivity index (χ4n) is 2.51. The Balaban J connectivity index is 2.22. The van der Waals surface area contributed by atoms with Crippen LogP contribution in [0.5, 0.6) is 5.75 Å². The highest BCUT2D eigenvalue weighted by Crippen LogP contribution is 2.21. The molecule has 1 amide bonds. The molecule has 0 aliphatic rings. The van der Waals surface area contributed by atoms with Gasteiger partial charge in [-0.2, -0.15) is 0 Å². The number of methoxy groups -OCH3 is 1. The molecule has 2 rings (SSSR count). The molecular formula is C19H24N2O4S. The molecule has 0 aliphatic carbocycles. The molecule has 2 aromatic carbocycles. The first kappa shape index (κ1) is 19.9. The van der Waals surface area contributed by atoms with Gasteiger partial charge in [-0.25, -0.2) is 12.7 Å². The van der Waals surface area contributed by atoms with Gasteiger partial charge in [0.25, 0.3) is 5.91 Å². The summed E-state index contributed by atoms with van der Waals surface area (Å²) >= 11 is 0. The summed E-state index contributed by atoms with van der Waals surface area (Å²) in [6.45, 7) is 1.97. The highest BCUT2D eigenvalue weighted by Gasteiger charge is 2.20. The molecule has 0 fully saturated rings. The Morgan fingerprint density at radius 2 is 1.81 bits per heavy atom. The van der Waals surface area contributed by atoms with Crippen LogP contribution in [-0.4, -0.2) is 39.8 Å². The summed E-state index contributed by atoms with van der Waals surface area (Å²) in [7, 11) is 0.927. The van der Waals surface area contributed by atoms with E-state index in [0.29, 0.717) is 12.0 Å². The predicted octanol–water partition coefficient (Wildman–Crippen LogP) is 2.83. The van der Waals surface area contributed by atoms with Gasteiger partial charge in [-0.05, 0) is 42.3 Å². The summed E-state index contributed by atoms with van der Waals surface area (Å²) in [6, 6.07) is 13.4. The molecule has 26 heavy (non-hydrogen) atoms. The number of hydrogen-bond acceptors (Lipinski definition) is 4. The minimum Gasteiger partial charge on any atom is -0.497 e. The lowest BCUT2D eigenvalue weighted by Gasteiger charge is -2.18. The van der Waals surface area contributed by atoms with Crippen molar-refractivity contribution in [2.45, 2.75) is 24.3 Å². The van der Waals surface area contributed by atoms with E-state index in [4.69, 9.17) is 4.74 Å². The Bertz CT molecular complexity index is 861. The Morgan fingerprint density at radius 1 is 1.15 bits per heavy atom. The molecule has 1 atom stereocenters. The molecule has 0 saturated carbocycles. The van der Waals surface area contributed by atoms with Gasteiger partial charge in [-0.15, -0.1) is 0 Å². The number of carbonyl (C=O) groups excluding carboxylic acids is 1. The van der Waals surface area contributed by atoms with Crippen molar-refractivity contribution in [2.24, 2.45) is 0 Å². The van der Waals surface area contributed by atoms with E-state index < -0.39 is 10.0 Å². The number of nitrogens with zero attached hydrogens (tertiary/aromatic N) is 1. The zero-order chi connectivity index (χ0) is 19.3. The molecule has 0 bridgehead atoms. The van der Waals surface area contributed by atoms with Crippen LogP contribution in [0.15, 0.2) is 53.4 Å². The van der Waals surface area contributed by atoms with E-state index in [1.165, 1.54) is 26.2 Å². The summed E-state index contributed by atoms with van der Waals surface area (Å²) < 4.78 is 30.8. The van der Waals surface area contributed by atoms with E-state index in [1.807, 2.05) is 31.2 Å². The van der Waals surface area contributed by atoms with Crippen molar-refractivity contribution < 1.29 is 17.9 Å². The molecule has 1 unspecified atom stereocenters. The first-order valence-electron chi connectivity index (χ1n) is 8.27. The van der Waals surface area contributed by atoms with Crippen LogP contribution in [0.4, 0.5) is 0 Å². The number of ether oxygens (including phenoxy) is 1. The highest BCUT2D eigenvalue weighted by atomic mass is 32.2. The van der Waals surface area contributed by atoms with Gasteiger partial charge in [-0.3, -0.25) is 4.79 Å². The van der Waals surface area contributed by atoms with Gasteiger partial charge < -0.3 is 10.1 Å². The van der Waals surface area contributed by atoms with Crippen LogP contribution >= 0.6 is 0 Å². The Morgan fingerprint density at radius 3 is 2.35 bits per heavy atom. The maximum Gasteiger partial charge on any atom is 0.251 e. The standard InChI is InChI=1S/C19H24N2O4S/c1-5-18(14-9-11-16(25-4)12-10-14)20-19(22)15-7-6-8-17(13-15)26(23,24)21(2)3/h6-13,18H,5H2,1-4H3,(H,20,22). The van der Waals surface area contributed by atoms with Crippen LogP contribution in [0.25, 0.3) is 0 Å². The SMILES string of the molecule is CCC(NC(=O)c1cccc(S(=O)(=O)N(C)C)c1)c1ccc(OC)cc1. The van der Waals surface area contributed by atoms with Crippen molar-refractivity contribution in [1.29, 1.82) is 0 Å². The second kappa shape index (κ2) is 8.33. The van der Waals surface area contributed by atoms with Crippen LogP contribution < -0.4 is 10.1 Å². The average molecular weight is 376 g/mol. The van der Waals surface area contributed by atoms with Crippen LogP contribution in [-0.2, 0) is 10.0 Å². The summed E-state index contributed by atoms with van der Waals surface area (Å²) in [6.07, 6.45) is 0.702. The second-order valence-electron chi connectivity index (χ2n) is 6.02. The third kappa shape index (κ3) is 4.42. The number of sulfonamides is 1. The van der Waals surface area contributed by atoms with Crippen LogP contribution in [0.3, 0.4) is 0 Å². The topological polar surface area (TPSA) is 75.7 Å². The molecular weight excluding hydrogens is 352 g/mol. The number of nitrogens with one attached hydrogen (secondary N) is 1. The lowest BCUT2D eigenvalue weighted by Crippen LogP contribution is -2.28. The van der Waals surface area contributed by atoms with E-state index in [-0.39, 0.29) is 16.8 Å². The molecule has 0 aromatic heterocycles. The largest absolute Gasteiger partial charge is 0.497 e. The molecule has 0 saturated heterocycles. The van der Waals surface area contributed by atoms with Gasteiger partial charge in [0, 0.05) is 19.7 Å². The normalized spacial score (nSPS) is 12.7. The summed E-state index contributed by atoms with van der Waals surface area (Å²) in [5.41, 5.74) is 1.26. The highest BCUT2D eigenvalue weighted by molar-refractivity contribution is 7.89. The van der Waals surface area contributed by atoms with Crippen molar-refractivity contribution >= 4 is 15.9 Å². The van der Waals surface area contributed by atoms with Gasteiger partial charge >= 0.3 is 0 Å². The van der Waals surface area contributed by atoms with Gasteiger partial charge in [-0.1, -0.05) is 25.1 Å². The van der Waals surface area contributed by atoms with Gasteiger partial charge in [0.1, 0.15) is 5.75 Å². The molecule has 2 aromatic rings. The van der Waals surface area contributed by atoms with E-state index in [2.05, 4.69) is 5.32 Å². The molecule has 0 heterocycles. The van der Waals surface area contributed by atoms with Crippen molar-refractivity contribution in [1.82, 2.24) is 9.62 Å². The van der Waals surface area contributed by atoms with Crippen LogP contribution in [0.1, 0.15) is 35.3 Å². The lowest BCUT2D eigenvalue weighted by molar-refractivity contribution is 0.0935. The van der Waals surface area contributed by atoms with E-state index >= 15 is 0 Å². The van der Waals surface area contributed by atoms with E-state index in [0.717, 1.165) is 15.6 Å². The maximum absolute atomic E-state index is 12.6. The fraction of sp³-hybridized carbons (Fsp3) is 0.316. The summed E-state index contributed by atoms with van der Waals surface area (Å²) in [5, 5.41) is 2.96. The molecule has 0 aliphatic heterocycles. The van der Waals surface area contributed by atoms with Crippen molar-refractivity contribution in [3.05, 3.63) is 59.7 Å². The smallest absolute Gasteiger partial charge is 0.251 e. The van der Waals surface area contributed by atoms with Crippen molar-refractivity contribution in [3.63, 3.8) is 0 Å². The summed E-state index contributed by atoms with van der Waals surface area (Å²) in [5.74, 6) is 0.431. The summed E-state index contributed by atoms with van der Waals surface area (Å²) in [4.78, 5) is 12.7. The minimum atomic E-state index is -3.59. The first-order chi connectivity index (χ1) is 12.3. The lowest BCUT2D eigenvalue weighted by atomic mass is 10.0. The number of carbonyl (C=O) groups is 1. The molecule has 0 radical (unpaired) electrons. The molecule has 1 N–H and O–H groups in total. The molecule has 6 nitrogen and oxygen atoms in total. The van der Waals surface area contributed by atoms with Crippen LogP contribution in [0, 0.1) is 0 Å². The monoisotopic (exact) mass is 376 g/mol. The zero-order valence-corrected chi connectivity index (χ0v) is 16.2.